The number of hydrogen-bond acceptors (Lipinski definition) is 3. The molecule has 0 saturated heterocycles. The first-order valence-corrected chi connectivity index (χ1v) is 5.90. The molecule has 0 aliphatic rings. The summed E-state index contributed by atoms with van der Waals surface area (Å²) >= 11 is 0. The summed E-state index contributed by atoms with van der Waals surface area (Å²) in [4.78, 5) is 11.7. The van der Waals surface area contributed by atoms with Crippen molar-refractivity contribution in [2.24, 2.45) is 0 Å². The molecule has 0 aliphatic heterocycles. The molecule has 0 heterocycles. The normalized spacial score (nSPS) is 11.7. The molecular weight excluding hydrogens is 228 g/mol. The van der Waals surface area contributed by atoms with Gasteiger partial charge < -0.3 is 15.4 Å². The predicted molar refractivity (Wildman–Crippen MR) is 73.4 cm³/mol. The van der Waals surface area contributed by atoms with Gasteiger partial charge in [-0.3, -0.25) is 4.79 Å². The van der Waals surface area contributed by atoms with Crippen LogP contribution >= 0.6 is 0 Å². The first-order chi connectivity index (χ1) is 8.67. The third kappa shape index (κ3) is 4.59. The lowest BCUT2D eigenvalue weighted by Crippen LogP contribution is -2.37. The summed E-state index contributed by atoms with van der Waals surface area (Å²) < 4.78 is 5.07. The number of benzene rings is 1. The van der Waals surface area contributed by atoms with Crippen molar-refractivity contribution < 1.29 is 9.53 Å². The zero-order chi connectivity index (χ0) is 13.4. The fourth-order valence-electron chi connectivity index (χ4n) is 1.56. The van der Waals surface area contributed by atoms with E-state index in [1.165, 1.54) is 0 Å². The molecule has 1 aromatic rings. The fraction of sp³-hybridized carbons (Fsp3) is 0.357. The van der Waals surface area contributed by atoms with Crippen LogP contribution in [0.25, 0.3) is 0 Å². The largest absolute Gasteiger partial charge is 0.380 e. The van der Waals surface area contributed by atoms with Crippen LogP contribution in [0.2, 0.25) is 0 Å². The van der Waals surface area contributed by atoms with E-state index in [4.69, 9.17) is 4.74 Å². The predicted octanol–water partition coefficient (Wildman–Crippen LogP) is 1.94. The van der Waals surface area contributed by atoms with Crippen LogP contribution < -0.4 is 10.6 Å². The highest BCUT2D eigenvalue weighted by molar-refractivity contribution is 5.84. The lowest BCUT2D eigenvalue weighted by molar-refractivity contribution is -0.121. The van der Waals surface area contributed by atoms with E-state index in [9.17, 15) is 4.79 Å². The Morgan fingerprint density at radius 1 is 1.56 bits per heavy atom. The van der Waals surface area contributed by atoms with Crippen molar-refractivity contribution in [2.45, 2.75) is 19.6 Å². The minimum atomic E-state index is -0.289. The molecule has 1 atom stereocenters. The van der Waals surface area contributed by atoms with Crippen molar-refractivity contribution >= 4 is 11.6 Å². The van der Waals surface area contributed by atoms with Gasteiger partial charge in [0.2, 0.25) is 5.91 Å². The highest BCUT2D eigenvalue weighted by Crippen LogP contribution is 2.12. The summed E-state index contributed by atoms with van der Waals surface area (Å²) in [6.07, 6.45) is 1.66. The van der Waals surface area contributed by atoms with Crippen LogP contribution in [-0.2, 0) is 16.1 Å². The maximum Gasteiger partial charge on any atom is 0.242 e. The monoisotopic (exact) mass is 248 g/mol. The van der Waals surface area contributed by atoms with Crippen molar-refractivity contribution in [3.8, 4) is 0 Å². The summed E-state index contributed by atoms with van der Waals surface area (Å²) in [5, 5.41) is 5.90. The molecule has 0 fully saturated rings. The van der Waals surface area contributed by atoms with Crippen molar-refractivity contribution in [3.05, 3.63) is 42.5 Å². The minimum Gasteiger partial charge on any atom is -0.380 e. The third-order valence-electron chi connectivity index (χ3n) is 2.44. The lowest BCUT2D eigenvalue weighted by Gasteiger charge is -2.15. The van der Waals surface area contributed by atoms with Crippen LogP contribution in [-0.4, -0.2) is 25.6 Å². The van der Waals surface area contributed by atoms with Gasteiger partial charge in [-0.25, -0.2) is 0 Å². The van der Waals surface area contributed by atoms with E-state index in [1.807, 2.05) is 31.2 Å². The summed E-state index contributed by atoms with van der Waals surface area (Å²) in [7, 11) is 1.66. The number of hydrogen-bond donors (Lipinski definition) is 2. The summed E-state index contributed by atoms with van der Waals surface area (Å²) in [5.41, 5.74) is 1.98. The molecular formula is C14H20N2O2. The molecule has 1 aromatic carbocycles. The highest BCUT2D eigenvalue weighted by Gasteiger charge is 2.11. The smallest absolute Gasteiger partial charge is 0.242 e. The van der Waals surface area contributed by atoms with Gasteiger partial charge >= 0.3 is 0 Å². The van der Waals surface area contributed by atoms with Gasteiger partial charge in [0.15, 0.2) is 0 Å². The Bertz CT molecular complexity index is 405. The first-order valence-electron chi connectivity index (χ1n) is 5.90. The summed E-state index contributed by atoms with van der Waals surface area (Å²) in [6, 6.07) is 7.53. The Balaban J connectivity index is 2.57. The van der Waals surface area contributed by atoms with Crippen LogP contribution in [0.3, 0.4) is 0 Å². The number of rotatable bonds is 7. The molecule has 4 nitrogen and oxygen atoms in total. The maximum atomic E-state index is 11.7. The van der Waals surface area contributed by atoms with Crippen LogP contribution in [0.5, 0.6) is 0 Å². The summed E-state index contributed by atoms with van der Waals surface area (Å²) in [6.45, 7) is 6.42. The number of anilines is 1. The van der Waals surface area contributed by atoms with Gasteiger partial charge in [-0.2, -0.15) is 0 Å². The van der Waals surface area contributed by atoms with E-state index in [0.29, 0.717) is 13.2 Å². The molecule has 0 aliphatic carbocycles. The third-order valence-corrected chi connectivity index (χ3v) is 2.44. The molecule has 0 spiro atoms. The second kappa shape index (κ2) is 7.50. The number of amides is 1. The standard InChI is InChI=1S/C14H20N2O2/c1-4-8-15-14(17)11(2)16-13-7-5-6-12(9-13)10-18-3/h4-7,9,11,16H,1,8,10H2,2-3H3,(H,15,17)/t11-/m0/s1. The van der Waals surface area contributed by atoms with Crippen molar-refractivity contribution in [1.82, 2.24) is 5.32 Å². The topological polar surface area (TPSA) is 50.4 Å². The molecule has 4 heteroatoms. The van der Waals surface area contributed by atoms with Gasteiger partial charge in [0.05, 0.1) is 6.61 Å². The number of carbonyl (C=O) groups excluding carboxylic acids is 1. The maximum absolute atomic E-state index is 11.7. The zero-order valence-electron chi connectivity index (χ0n) is 10.9. The van der Waals surface area contributed by atoms with E-state index < -0.39 is 0 Å². The van der Waals surface area contributed by atoms with Crippen LogP contribution in [0, 0.1) is 0 Å². The van der Waals surface area contributed by atoms with Gasteiger partial charge in [-0.05, 0) is 24.6 Å². The molecule has 98 valence electrons. The Kier molecular flexibility index (Phi) is 5.94. The van der Waals surface area contributed by atoms with E-state index in [0.717, 1.165) is 11.3 Å². The van der Waals surface area contributed by atoms with Crippen LogP contribution in [0.1, 0.15) is 12.5 Å². The van der Waals surface area contributed by atoms with Gasteiger partial charge in [0, 0.05) is 19.3 Å². The van der Waals surface area contributed by atoms with Crippen LogP contribution in [0.4, 0.5) is 5.69 Å². The van der Waals surface area contributed by atoms with Gasteiger partial charge in [0.25, 0.3) is 0 Å². The Morgan fingerprint density at radius 2 is 2.33 bits per heavy atom. The van der Waals surface area contributed by atoms with Crippen LogP contribution in [0.15, 0.2) is 36.9 Å². The molecule has 0 bridgehead atoms. The molecule has 0 radical (unpaired) electrons. The quantitative estimate of drug-likeness (QED) is 0.725. The van der Waals surface area contributed by atoms with E-state index in [-0.39, 0.29) is 11.9 Å². The number of nitrogens with one attached hydrogen (secondary N) is 2. The lowest BCUT2D eigenvalue weighted by atomic mass is 10.2. The molecule has 18 heavy (non-hydrogen) atoms. The van der Waals surface area contributed by atoms with E-state index in [2.05, 4.69) is 17.2 Å². The molecule has 1 amide bonds. The Morgan fingerprint density at radius 3 is 3.00 bits per heavy atom. The second-order valence-electron chi connectivity index (χ2n) is 4.03. The van der Waals surface area contributed by atoms with Crippen molar-refractivity contribution in [2.75, 3.05) is 19.0 Å². The molecule has 2 N–H and O–H groups in total. The number of carbonyl (C=O) groups is 1. The summed E-state index contributed by atoms with van der Waals surface area (Å²) in [5.74, 6) is -0.0490. The number of methoxy groups -OCH3 is 1. The average Bonchev–Trinajstić information content (AvgIpc) is 2.36. The van der Waals surface area contributed by atoms with Crippen molar-refractivity contribution in [3.63, 3.8) is 0 Å². The highest BCUT2D eigenvalue weighted by atomic mass is 16.5. The van der Waals surface area contributed by atoms with Gasteiger partial charge in [-0.1, -0.05) is 18.2 Å². The Labute approximate surface area is 108 Å². The zero-order valence-corrected chi connectivity index (χ0v) is 10.9. The molecule has 0 saturated carbocycles. The van der Waals surface area contributed by atoms with E-state index >= 15 is 0 Å². The number of ether oxygens (including phenoxy) is 1. The van der Waals surface area contributed by atoms with E-state index in [1.54, 1.807) is 13.2 Å². The van der Waals surface area contributed by atoms with Crippen molar-refractivity contribution in [1.29, 1.82) is 0 Å². The SMILES string of the molecule is C=CCNC(=O)[C@H](C)Nc1cccc(COC)c1. The van der Waals surface area contributed by atoms with Gasteiger partial charge in [0.1, 0.15) is 6.04 Å². The Hall–Kier alpha value is -1.81. The molecule has 0 aromatic heterocycles. The fourth-order valence-corrected chi connectivity index (χ4v) is 1.56. The molecule has 1 rings (SSSR count). The first kappa shape index (κ1) is 14.3. The second-order valence-corrected chi connectivity index (χ2v) is 4.03. The average molecular weight is 248 g/mol. The minimum absolute atomic E-state index is 0.0490. The molecule has 0 unspecified atom stereocenters. The van der Waals surface area contributed by atoms with Gasteiger partial charge in [-0.15, -0.1) is 6.58 Å².